The third kappa shape index (κ3) is 2.59. The van der Waals surface area contributed by atoms with Crippen LogP contribution in [-0.2, 0) is 9.84 Å². The second-order valence-electron chi connectivity index (χ2n) is 5.87. The molecule has 6 heteroatoms. The highest BCUT2D eigenvalue weighted by atomic mass is 32.2. The number of benzene rings is 1. The molecular formula is C16H17NO4S. The van der Waals surface area contributed by atoms with Gasteiger partial charge in [-0.2, -0.15) is 0 Å². The monoisotopic (exact) mass is 319 g/mol. The van der Waals surface area contributed by atoms with E-state index in [9.17, 15) is 13.2 Å². The van der Waals surface area contributed by atoms with Crippen molar-refractivity contribution in [2.24, 2.45) is 0 Å². The van der Waals surface area contributed by atoms with Crippen LogP contribution in [0.25, 0.3) is 0 Å². The summed E-state index contributed by atoms with van der Waals surface area (Å²) in [6, 6.07) is 5.09. The summed E-state index contributed by atoms with van der Waals surface area (Å²) in [5.74, 6) is 0.0628. The smallest absolute Gasteiger partial charge is 0.199 e. The van der Waals surface area contributed by atoms with E-state index in [1.807, 2.05) is 6.07 Å². The first kappa shape index (κ1) is 15.0. The minimum atomic E-state index is -3.54. The molecule has 1 heterocycles. The summed E-state index contributed by atoms with van der Waals surface area (Å²) in [5.41, 5.74) is 1.48. The molecule has 3 rings (SSSR count). The van der Waals surface area contributed by atoms with Crippen molar-refractivity contribution in [3.63, 3.8) is 0 Å². The van der Waals surface area contributed by atoms with E-state index in [0.29, 0.717) is 5.92 Å². The molecule has 1 aromatic heterocycles. The normalized spacial score (nSPS) is 15.2. The molecule has 1 saturated carbocycles. The molecule has 0 spiro atoms. The lowest BCUT2D eigenvalue weighted by atomic mass is 10.0. The molecule has 1 aliphatic rings. The SMILES string of the molecule is CC(C)S(=O)(=O)c1ccc(C2CC2)cc1C(=O)c1cnoc1. The Balaban J connectivity index is 2.16. The zero-order chi connectivity index (χ0) is 15.9. The molecule has 0 unspecified atom stereocenters. The second kappa shape index (κ2) is 5.35. The number of hydrogen-bond acceptors (Lipinski definition) is 5. The molecular weight excluding hydrogens is 302 g/mol. The van der Waals surface area contributed by atoms with Gasteiger partial charge in [0.2, 0.25) is 0 Å². The van der Waals surface area contributed by atoms with Gasteiger partial charge in [0.1, 0.15) is 6.26 Å². The molecule has 0 bridgehead atoms. The maximum atomic E-state index is 12.6. The molecule has 0 radical (unpaired) electrons. The van der Waals surface area contributed by atoms with Crippen LogP contribution in [0.2, 0.25) is 0 Å². The number of carbonyl (C=O) groups is 1. The predicted molar refractivity (Wildman–Crippen MR) is 80.7 cm³/mol. The first-order chi connectivity index (χ1) is 10.4. The Hall–Kier alpha value is -1.95. The van der Waals surface area contributed by atoms with Crippen LogP contribution in [0.15, 0.2) is 40.1 Å². The molecule has 2 aromatic rings. The van der Waals surface area contributed by atoms with E-state index in [0.717, 1.165) is 18.4 Å². The summed E-state index contributed by atoms with van der Waals surface area (Å²) >= 11 is 0. The molecule has 1 aliphatic carbocycles. The van der Waals surface area contributed by atoms with Crippen LogP contribution in [0.5, 0.6) is 0 Å². The molecule has 22 heavy (non-hydrogen) atoms. The summed E-state index contributed by atoms with van der Waals surface area (Å²) in [5, 5.41) is 2.93. The maximum absolute atomic E-state index is 12.6. The maximum Gasteiger partial charge on any atom is 0.199 e. The van der Waals surface area contributed by atoms with E-state index in [-0.39, 0.29) is 21.8 Å². The first-order valence-corrected chi connectivity index (χ1v) is 8.78. The zero-order valence-electron chi connectivity index (χ0n) is 12.4. The van der Waals surface area contributed by atoms with Gasteiger partial charge in [0, 0.05) is 5.56 Å². The highest BCUT2D eigenvalue weighted by molar-refractivity contribution is 7.92. The number of ketones is 1. The van der Waals surface area contributed by atoms with Crippen LogP contribution >= 0.6 is 0 Å². The van der Waals surface area contributed by atoms with E-state index < -0.39 is 15.1 Å². The Morgan fingerprint density at radius 1 is 1.32 bits per heavy atom. The Labute approximate surface area is 129 Å². The van der Waals surface area contributed by atoms with Crippen molar-refractivity contribution in [2.45, 2.75) is 42.8 Å². The van der Waals surface area contributed by atoms with Gasteiger partial charge in [-0.05, 0) is 50.3 Å². The lowest BCUT2D eigenvalue weighted by molar-refractivity contribution is 0.103. The minimum Gasteiger partial charge on any atom is -0.364 e. The van der Waals surface area contributed by atoms with Crippen molar-refractivity contribution in [3.8, 4) is 0 Å². The van der Waals surface area contributed by atoms with Gasteiger partial charge in [-0.1, -0.05) is 11.2 Å². The quantitative estimate of drug-likeness (QED) is 0.792. The highest BCUT2D eigenvalue weighted by Gasteiger charge is 2.30. The van der Waals surface area contributed by atoms with Gasteiger partial charge < -0.3 is 4.52 Å². The van der Waals surface area contributed by atoms with Crippen LogP contribution in [-0.4, -0.2) is 24.6 Å². The molecule has 0 atom stereocenters. The van der Waals surface area contributed by atoms with Crippen LogP contribution in [0.1, 0.15) is 54.1 Å². The van der Waals surface area contributed by atoms with Gasteiger partial charge in [0.05, 0.1) is 21.9 Å². The van der Waals surface area contributed by atoms with Gasteiger partial charge in [0.15, 0.2) is 15.6 Å². The topological polar surface area (TPSA) is 77.2 Å². The molecule has 0 N–H and O–H groups in total. The van der Waals surface area contributed by atoms with Crippen LogP contribution in [0, 0.1) is 0 Å². The van der Waals surface area contributed by atoms with Crippen LogP contribution in [0.3, 0.4) is 0 Å². The minimum absolute atomic E-state index is 0.0816. The van der Waals surface area contributed by atoms with E-state index in [4.69, 9.17) is 4.52 Å². The van der Waals surface area contributed by atoms with Gasteiger partial charge in [-0.15, -0.1) is 0 Å². The van der Waals surface area contributed by atoms with Crippen molar-refractivity contribution in [1.29, 1.82) is 0 Å². The van der Waals surface area contributed by atoms with Crippen molar-refractivity contribution >= 4 is 15.6 Å². The van der Waals surface area contributed by atoms with Crippen LogP contribution < -0.4 is 0 Å². The summed E-state index contributed by atoms with van der Waals surface area (Å²) in [7, 11) is -3.54. The summed E-state index contributed by atoms with van der Waals surface area (Å²) in [4.78, 5) is 12.7. The summed E-state index contributed by atoms with van der Waals surface area (Å²) in [6.07, 6.45) is 4.70. The number of nitrogens with zero attached hydrogens (tertiary/aromatic N) is 1. The fourth-order valence-corrected chi connectivity index (χ4v) is 3.59. The second-order valence-corrected chi connectivity index (χ2v) is 8.34. The zero-order valence-corrected chi connectivity index (χ0v) is 13.3. The third-order valence-electron chi connectivity index (χ3n) is 3.92. The summed E-state index contributed by atoms with van der Waals surface area (Å²) < 4.78 is 29.8. The number of rotatable bonds is 5. The Bertz CT molecular complexity index is 803. The molecule has 5 nitrogen and oxygen atoms in total. The number of sulfone groups is 1. The van der Waals surface area contributed by atoms with Gasteiger partial charge in [-0.25, -0.2) is 8.42 Å². The fraction of sp³-hybridized carbons (Fsp3) is 0.375. The molecule has 1 fully saturated rings. The predicted octanol–water partition coefficient (Wildman–Crippen LogP) is 2.97. The summed E-state index contributed by atoms with van der Waals surface area (Å²) in [6.45, 7) is 3.22. The largest absolute Gasteiger partial charge is 0.364 e. The van der Waals surface area contributed by atoms with Gasteiger partial charge >= 0.3 is 0 Å². The van der Waals surface area contributed by atoms with E-state index >= 15 is 0 Å². The van der Waals surface area contributed by atoms with Crippen molar-refractivity contribution < 1.29 is 17.7 Å². The third-order valence-corrected chi connectivity index (χ3v) is 6.13. The number of aromatic nitrogens is 1. The standard InChI is InChI=1S/C16H17NO4S/c1-10(2)22(19,20)15-6-5-12(11-3-4-11)7-14(15)16(18)13-8-17-21-9-13/h5-11H,3-4H2,1-2H3. The average Bonchev–Trinajstić information content (AvgIpc) is 3.20. The van der Waals surface area contributed by atoms with Crippen molar-refractivity contribution in [1.82, 2.24) is 5.16 Å². The fourth-order valence-electron chi connectivity index (χ4n) is 2.37. The first-order valence-electron chi connectivity index (χ1n) is 7.23. The van der Waals surface area contributed by atoms with Gasteiger partial charge in [-0.3, -0.25) is 4.79 Å². The van der Waals surface area contributed by atoms with Crippen LogP contribution in [0.4, 0.5) is 0 Å². The van der Waals surface area contributed by atoms with Crippen molar-refractivity contribution in [2.75, 3.05) is 0 Å². The van der Waals surface area contributed by atoms with E-state index in [1.165, 1.54) is 12.5 Å². The molecule has 0 amide bonds. The average molecular weight is 319 g/mol. The lowest BCUT2D eigenvalue weighted by Gasteiger charge is -2.13. The van der Waals surface area contributed by atoms with Crippen molar-refractivity contribution in [3.05, 3.63) is 47.3 Å². The Kier molecular flexibility index (Phi) is 3.64. The van der Waals surface area contributed by atoms with Gasteiger partial charge in [0.25, 0.3) is 0 Å². The number of carbonyl (C=O) groups excluding carboxylic acids is 1. The van der Waals surface area contributed by atoms with E-state index in [1.54, 1.807) is 26.0 Å². The number of hydrogen-bond donors (Lipinski definition) is 0. The molecule has 0 aliphatic heterocycles. The lowest BCUT2D eigenvalue weighted by Crippen LogP contribution is -2.18. The highest BCUT2D eigenvalue weighted by Crippen LogP contribution is 2.41. The van der Waals surface area contributed by atoms with E-state index in [2.05, 4.69) is 5.16 Å². The molecule has 1 aromatic carbocycles. The molecule has 116 valence electrons. The Morgan fingerprint density at radius 2 is 2.05 bits per heavy atom. The molecule has 0 saturated heterocycles. The Morgan fingerprint density at radius 3 is 2.59 bits per heavy atom.